The minimum atomic E-state index is -0.304. The molecule has 0 atom stereocenters. The van der Waals surface area contributed by atoms with Crippen molar-refractivity contribution in [2.75, 3.05) is 23.3 Å². The first kappa shape index (κ1) is 25.4. The van der Waals surface area contributed by atoms with Crippen molar-refractivity contribution in [3.05, 3.63) is 72.6 Å². The first-order valence-corrected chi connectivity index (χ1v) is 13.0. The van der Waals surface area contributed by atoms with E-state index >= 15 is 4.39 Å². The van der Waals surface area contributed by atoms with Gasteiger partial charge in [0.05, 0.1) is 34.0 Å². The maximum atomic E-state index is 16.0. The van der Waals surface area contributed by atoms with Gasteiger partial charge in [0.1, 0.15) is 23.6 Å². The standard InChI is InChI=1S/C30H33FN6O/c1-6-13-37(16-19(2)3)26-11-9-23-28(29(26)31)30(33-17-32-23)35-21-7-12-27(20(4)14-21)38-22-8-10-25-24(15-22)34-18-36(25)5/h7-12,14-15,17-19H,6,13,16H2,1-5H3,(H,32,33,35). The first-order valence-electron chi connectivity index (χ1n) is 13.0. The molecule has 0 aliphatic heterocycles. The van der Waals surface area contributed by atoms with E-state index in [1.54, 1.807) is 6.33 Å². The quantitative estimate of drug-likeness (QED) is 0.222. The summed E-state index contributed by atoms with van der Waals surface area (Å²) in [6, 6.07) is 15.3. The molecule has 3 aromatic carbocycles. The lowest BCUT2D eigenvalue weighted by Crippen LogP contribution is -2.29. The lowest BCUT2D eigenvalue weighted by molar-refractivity contribution is 0.479. The molecule has 2 aromatic heterocycles. The maximum Gasteiger partial charge on any atom is 0.159 e. The van der Waals surface area contributed by atoms with Crippen LogP contribution in [-0.4, -0.2) is 32.6 Å². The molecule has 0 aliphatic rings. The van der Waals surface area contributed by atoms with Gasteiger partial charge >= 0.3 is 0 Å². The number of anilines is 3. The highest BCUT2D eigenvalue weighted by Gasteiger charge is 2.19. The van der Waals surface area contributed by atoms with Gasteiger partial charge in [-0.05, 0) is 67.3 Å². The van der Waals surface area contributed by atoms with Crippen molar-refractivity contribution in [2.45, 2.75) is 34.1 Å². The molecule has 2 heterocycles. The molecule has 38 heavy (non-hydrogen) atoms. The second-order valence-electron chi connectivity index (χ2n) is 10.1. The zero-order valence-corrected chi connectivity index (χ0v) is 22.5. The second-order valence-corrected chi connectivity index (χ2v) is 10.1. The number of benzene rings is 3. The molecule has 0 aliphatic carbocycles. The molecule has 0 spiro atoms. The van der Waals surface area contributed by atoms with Gasteiger partial charge in [0.2, 0.25) is 0 Å². The van der Waals surface area contributed by atoms with E-state index in [4.69, 9.17) is 4.74 Å². The number of halogens is 1. The summed E-state index contributed by atoms with van der Waals surface area (Å²) in [5.41, 5.74) is 4.78. The Labute approximate surface area is 222 Å². The van der Waals surface area contributed by atoms with E-state index in [2.05, 4.69) is 45.9 Å². The molecule has 0 radical (unpaired) electrons. The summed E-state index contributed by atoms with van der Waals surface area (Å²) >= 11 is 0. The van der Waals surface area contributed by atoms with Crippen molar-refractivity contribution in [1.82, 2.24) is 19.5 Å². The average Bonchev–Trinajstić information content (AvgIpc) is 3.25. The molecule has 8 heteroatoms. The molecular weight excluding hydrogens is 479 g/mol. The van der Waals surface area contributed by atoms with Crippen LogP contribution in [0.3, 0.4) is 0 Å². The Hall–Kier alpha value is -4.20. The molecule has 196 valence electrons. The minimum absolute atomic E-state index is 0.304. The lowest BCUT2D eigenvalue weighted by Gasteiger charge is -2.27. The van der Waals surface area contributed by atoms with Crippen LogP contribution in [0.5, 0.6) is 11.5 Å². The third kappa shape index (κ3) is 5.11. The predicted molar refractivity (Wildman–Crippen MR) is 152 cm³/mol. The topological polar surface area (TPSA) is 68.1 Å². The Morgan fingerprint density at radius 1 is 1.03 bits per heavy atom. The maximum absolute atomic E-state index is 16.0. The van der Waals surface area contributed by atoms with Crippen LogP contribution in [0.2, 0.25) is 0 Å². The van der Waals surface area contributed by atoms with Crippen molar-refractivity contribution in [3.63, 3.8) is 0 Å². The van der Waals surface area contributed by atoms with E-state index in [1.165, 1.54) is 6.33 Å². The highest BCUT2D eigenvalue weighted by Crippen LogP contribution is 2.34. The van der Waals surface area contributed by atoms with Crippen molar-refractivity contribution < 1.29 is 9.13 Å². The largest absolute Gasteiger partial charge is 0.457 e. The number of nitrogens with one attached hydrogen (secondary N) is 1. The molecule has 1 N–H and O–H groups in total. The number of fused-ring (bicyclic) bond motifs is 2. The Bertz CT molecular complexity index is 1600. The van der Waals surface area contributed by atoms with Crippen LogP contribution in [-0.2, 0) is 7.05 Å². The predicted octanol–water partition coefficient (Wildman–Crippen LogP) is 7.37. The third-order valence-electron chi connectivity index (χ3n) is 6.50. The van der Waals surface area contributed by atoms with Crippen LogP contribution in [0.15, 0.2) is 61.2 Å². The van der Waals surface area contributed by atoms with Crippen molar-refractivity contribution >= 4 is 39.1 Å². The monoisotopic (exact) mass is 512 g/mol. The van der Waals surface area contributed by atoms with E-state index < -0.39 is 0 Å². The van der Waals surface area contributed by atoms with Gasteiger partial charge in [-0.15, -0.1) is 0 Å². The van der Waals surface area contributed by atoms with Crippen LogP contribution in [0.25, 0.3) is 21.9 Å². The summed E-state index contributed by atoms with van der Waals surface area (Å²) in [5.74, 6) is 1.99. The number of rotatable bonds is 9. The van der Waals surface area contributed by atoms with Gasteiger partial charge in [0, 0.05) is 31.9 Å². The van der Waals surface area contributed by atoms with Crippen LogP contribution in [0.4, 0.5) is 21.6 Å². The number of hydrogen-bond acceptors (Lipinski definition) is 6. The van der Waals surface area contributed by atoms with Crippen molar-refractivity contribution in [2.24, 2.45) is 13.0 Å². The average molecular weight is 513 g/mol. The van der Waals surface area contributed by atoms with Gasteiger partial charge in [-0.3, -0.25) is 0 Å². The Kier molecular flexibility index (Phi) is 7.13. The van der Waals surface area contributed by atoms with Gasteiger partial charge in [-0.2, -0.15) is 0 Å². The molecule has 5 aromatic rings. The summed E-state index contributed by atoms with van der Waals surface area (Å²) in [6.45, 7) is 9.93. The number of imidazole rings is 1. The van der Waals surface area contributed by atoms with Gasteiger partial charge in [0.15, 0.2) is 5.82 Å². The van der Waals surface area contributed by atoms with E-state index in [0.717, 1.165) is 53.3 Å². The van der Waals surface area contributed by atoms with E-state index in [-0.39, 0.29) is 5.82 Å². The van der Waals surface area contributed by atoms with Gasteiger partial charge in [-0.1, -0.05) is 20.8 Å². The van der Waals surface area contributed by atoms with Gasteiger partial charge in [0.25, 0.3) is 0 Å². The highest BCUT2D eigenvalue weighted by atomic mass is 19.1. The van der Waals surface area contributed by atoms with E-state index in [9.17, 15) is 0 Å². The third-order valence-corrected chi connectivity index (χ3v) is 6.50. The molecule has 0 saturated heterocycles. The fraction of sp³-hybridized carbons (Fsp3) is 0.300. The smallest absolute Gasteiger partial charge is 0.159 e. The van der Waals surface area contributed by atoms with Crippen LogP contribution < -0.4 is 15.0 Å². The summed E-state index contributed by atoms with van der Waals surface area (Å²) in [7, 11) is 1.96. The lowest BCUT2D eigenvalue weighted by atomic mass is 10.1. The van der Waals surface area contributed by atoms with Gasteiger partial charge in [-0.25, -0.2) is 19.3 Å². The number of aryl methyl sites for hydroxylation is 2. The molecule has 0 saturated carbocycles. The normalized spacial score (nSPS) is 11.4. The second kappa shape index (κ2) is 10.7. The zero-order chi connectivity index (χ0) is 26.8. The SMILES string of the molecule is CCCN(CC(C)C)c1ccc2ncnc(Nc3ccc(Oc4ccc5c(c4)ncn5C)c(C)c3)c2c1F. The molecule has 0 fully saturated rings. The van der Waals surface area contributed by atoms with Crippen molar-refractivity contribution in [1.29, 1.82) is 0 Å². The van der Waals surface area contributed by atoms with Crippen molar-refractivity contribution in [3.8, 4) is 11.5 Å². The van der Waals surface area contributed by atoms with E-state index in [0.29, 0.717) is 28.3 Å². The minimum Gasteiger partial charge on any atom is -0.457 e. The van der Waals surface area contributed by atoms with Crippen LogP contribution >= 0.6 is 0 Å². The summed E-state index contributed by atoms with van der Waals surface area (Å²) in [6.07, 6.45) is 4.18. The number of aromatic nitrogens is 4. The molecule has 0 bridgehead atoms. The fourth-order valence-electron chi connectivity index (χ4n) is 4.75. The number of ether oxygens (including phenoxy) is 1. The molecule has 0 unspecified atom stereocenters. The van der Waals surface area contributed by atoms with Gasteiger partial charge < -0.3 is 19.5 Å². The molecule has 7 nitrogen and oxygen atoms in total. The van der Waals surface area contributed by atoms with E-state index in [1.807, 2.05) is 67.1 Å². The summed E-state index contributed by atoms with van der Waals surface area (Å²) in [5, 5.41) is 3.69. The summed E-state index contributed by atoms with van der Waals surface area (Å²) in [4.78, 5) is 15.2. The Balaban J connectivity index is 1.43. The number of hydrogen-bond donors (Lipinski definition) is 1. The fourth-order valence-corrected chi connectivity index (χ4v) is 4.75. The first-order chi connectivity index (χ1) is 18.3. The highest BCUT2D eigenvalue weighted by molar-refractivity contribution is 5.94. The Morgan fingerprint density at radius 2 is 1.87 bits per heavy atom. The zero-order valence-electron chi connectivity index (χ0n) is 22.5. The van der Waals surface area contributed by atoms with Crippen LogP contribution in [0, 0.1) is 18.7 Å². The van der Waals surface area contributed by atoms with Crippen LogP contribution in [0.1, 0.15) is 32.8 Å². The number of nitrogens with zero attached hydrogens (tertiary/aromatic N) is 5. The summed E-state index contributed by atoms with van der Waals surface area (Å²) < 4.78 is 24.1. The molecular formula is C30H33FN6O. The molecule has 5 rings (SSSR count). The molecule has 0 amide bonds. The Morgan fingerprint density at radius 3 is 2.63 bits per heavy atom.